The first-order chi connectivity index (χ1) is 8.29. The minimum atomic E-state index is 0.530. The van der Waals surface area contributed by atoms with Gasteiger partial charge in [0.1, 0.15) is 0 Å². The highest BCUT2D eigenvalue weighted by molar-refractivity contribution is 7.10. The predicted molar refractivity (Wildman–Crippen MR) is 76.5 cm³/mol. The third-order valence-electron chi connectivity index (χ3n) is 4.00. The first-order valence-corrected chi connectivity index (χ1v) is 7.97. The van der Waals surface area contributed by atoms with E-state index in [1.807, 2.05) is 11.3 Å². The van der Waals surface area contributed by atoms with Gasteiger partial charge in [-0.1, -0.05) is 25.8 Å². The van der Waals surface area contributed by atoms with Gasteiger partial charge in [0.2, 0.25) is 0 Å². The second kappa shape index (κ2) is 6.55. The average Bonchev–Trinajstić information content (AvgIpc) is 2.86. The molecule has 2 heteroatoms. The van der Waals surface area contributed by atoms with E-state index in [1.54, 1.807) is 0 Å². The van der Waals surface area contributed by atoms with Gasteiger partial charge < -0.3 is 5.32 Å². The Bertz CT molecular complexity index is 299. The summed E-state index contributed by atoms with van der Waals surface area (Å²) in [6.07, 6.45) is 8.41. The Balaban J connectivity index is 1.74. The number of thiophene rings is 1. The summed E-state index contributed by atoms with van der Waals surface area (Å²) >= 11 is 1.87. The van der Waals surface area contributed by atoms with E-state index in [4.69, 9.17) is 0 Å². The minimum Gasteiger partial charge on any atom is -0.307 e. The lowest BCUT2D eigenvalue weighted by atomic mass is 9.83. The van der Waals surface area contributed by atoms with Gasteiger partial charge in [0, 0.05) is 17.0 Å². The Morgan fingerprint density at radius 1 is 1.35 bits per heavy atom. The third-order valence-corrected chi connectivity index (χ3v) is 5.05. The summed E-state index contributed by atoms with van der Waals surface area (Å²) in [5.41, 5.74) is 0. The maximum atomic E-state index is 3.79. The Hall–Kier alpha value is -0.340. The van der Waals surface area contributed by atoms with E-state index in [1.165, 1.54) is 43.4 Å². The summed E-state index contributed by atoms with van der Waals surface area (Å²) in [6.45, 7) is 4.60. The van der Waals surface area contributed by atoms with Crippen LogP contribution in [0.3, 0.4) is 0 Å². The van der Waals surface area contributed by atoms with E-state index >= 15 is 0 Å². The molecule has 1 heterocycles. The molecule has 1 N–H and O–H groups in total. The van der Waals surface area contributed by atoms with Crippen LogP contribution in [-0.2, 0) is 0 Å². The zero-order chi connectivity index (χ0) is 12.1. The molecule has 0 aliphatic heterocycles. The molecule has 17 heavy (non-hydrogen) atoms. The van der Waals surface area contributed by atoms with E-state index in [9.17, 15) is 0 Å². The monoisotopic (exact) mass is 251 g/mol. The van der Waals surface area contributed by atoms with Crippen molar-refractivity contribution in [1.82, 2.24) is 5.32 Å². The lowest BCUT2D eigenvalue weighted by Crippen LogP contribution is -2.34. The van der Waals surface area contributed by atoms with Gasteiger partial charge in [-0.2, -0.15) is 0 Å². The van der Waals surface area contributed by atoms with E-state index in [0.29, 0.717) is 6.04 Å². The van der Waals surface area contributed by atoms with Crippen molar-refractivity contribution in [3.05, 3.63) is 22.4 Å². The van der Waals surface area contributed by atoms with Crippen molar-refractivity contribution in [2.75, 3.05) is 0 Å². The van der Waals surface area contributed by atoms with Crippen LogP contribution in [0.2, 0.25) is 0 Å². The maximum Gasteiger partial charge on any atom is 0.0388 e. The highest BCUT2D eigenvalue weighted by Gasteiger charge is 2.21. The highest BCUT2D eigenvalue weighted by Crippen LogP contribution is 2.29. The molecule has 1 aromatic rings. The molecule has 0 saturated heterocycles. The van der Waals surface area contributed by atoms with Crippen LogP contribution in [0.5, 0.6) is 0 Å². The van der Waals surface area contributed by atoms with Gasteiger partial charge in [-0.15, -0.1) is 11.3 Å². The normalized spacial score (nSPS) is 26.9. The van der Waals surface area contributed by atoms with Crippen LogP contribution in [0, 0.1) is 5.92 Å². The fourth-order valence-electron chi connectivity index (χ4n) is 3.00. The standard InChI is InChI=1S/C15H25NS/c1-3-5-13-7-9-14(10-8-13)16-12(2)15-6-4-11-17-15/h4,6,11-14,16H,3,5,7-10H2,1-2H3/t12-,13?,14?/m0/s1. The summed E-state index contributed by atoms with van der Waals surface area (Å²) < 4.78 is 0. The van der Waals surface area contributed by atoms with Crippen molar-refractivity contribution in [2.45, 2.75) is 64.5 Å². The molecule has 1 fully saturated rings. The van der Waals surface area contributed by atoms with Crippen molar-refractivity contribution in [1.29, 1.82) is 0 Å². The number of rotatable bonds is 5. The van der Waals surface area contributed by atoms with E-state index < -0.39 is 0 Å². The van der Waals surface area contributed by atoms with Gasteiger partial charge in [-0.25, -0.2) is 0 Å². The fourth-order valence-corrected chi connectivity index (χ4v) is 3.74. The van der Waals surface area contributed by atoms with Gasteiger partial charge in [0.15, 0.2) is 0 Å². The highest BCUT2D eigenvalue weighted by atomic mass is 32.1. The lowest BCUT2D eigenvalue weighted by molar-refractivity contribution is 0.267. The van der Waals surface area contributed by atoms with Crippen molar-refractivity contribution < 1.29 is 0 Å². The van der Waals surface area contributed by atoms with E-state index in [-0.39, 0.29) is 0 Å². The van der Waals surface area contributed by atoms with Crippen LogP contribution in [0.4, 0.5) is 0 Å². The quantitative estimate of drug-likeness (QED) is 0.795. The molecule has 0 amide bonds. The van der Waals surface area contributed by atoms with E-state index in [0.717, 1.165) is 12.0 Å². The topological polar surface area (TPSA) is 12.0 Å². The second-order valence-electron chi connectivity index (χ2n) is 5.41. The number of hydrogen-bond acceptors (Lipinski definition) is 2. The molecule has 0 radical (unpaired) electrons. The first kappa shape index (κ1) is 13.1. The largest absolute Gasteiger partial charge is 0.307 e. The smallest absolute Gasteiger partial charge is 0.0388 e. The molecule has 96 valence electrons. The summed E-state index contributed by atoms with van der Waals surface area (Å²) in [5, 5.41) is 5.97. The van der Waals surface area contributed by atoms with Crippen LogP contribution in [0.25, 0.3) is 0 Å². The average molecular weight is 251 g/mol. The van der Waals surface area contributed by atoms with Gasteiger partial charge in [0.05, 0.1) is 0 Å². The van der Waals surface area contributed by atoms with Gasteiger partial charge in [-0.05, 0) is 50.0 Å². The van der Waals surface area contributed by atoms with Gasteiger partial charge >= 0.3 is 0 Å². The Kier molecular flexibility index (Phi) is 5.05. The molecule has 0 unspecified atom stereocenters. The molecular weight excluding hydrogens is 226 g/mol. The molecule has 1 aliphatic carbocycles. The van der Waals surface area contributed by atoms with Crippen molar-refractivity contribution in [3.63, 3.8) is 0 Å². The third kappa shape index (κ3) is 3.82. The SMILES string of the molecule is CCCC1CCC(N[C@@H](C)c2cccs2)CC1. The molecule has 2 rings (SSSR count). The molecular formula is C15H25NS. The molecule has 0 bridgehead atoms. The van der Waals surface area contributed by atoms with Crippen molar-refractivity contribution >= 4 is 11.3 Å². The molecule has 1 atom stereocenters. The summed E-state index contributed by atoms with van der Waals surface area (Å²) in [6, 6.07) is 5.67. The Labute approximate surface area is 110 Å². The summed E-state index contributed by atoms with van der Waals surface area (Å²) in [7, 11) is 0. The number of nitrogens with one attached hydrogen (secondary N) is 1. The zero-order valence-electron chi connectivity index (χ0n) is 11.1. The first-order valence-electron chi connectivity index (χ1n) is 7.09. The van der Waals surface area contributed by atoms with Crippen molar-refractivity contribution in [2.24, 2.45) is 5.92 Å². The summed E-state index contributed by atoms with van der Waals surface area (Å²) in [5.74, 6) is 1.01. The van der Waals surface area contributed by atoms with E-state index in [2.05, 4.69) is 36.7 Å². The molecule has 0 aromatic carbocycles. The molecule has 1 saturated carbocycles. The molecule has 1 nitrogen and oxygen atoms in total. The van der Waals surface area contributed by atoms with Crippen LogP contribution in [-0.4, -0.2) is 6.04 Å². The van der Waals surface area contributed by atoms with Crippen LogP contribution in [0.15, 0.2) is 17.5 Å². The van der Waals surface area contributed by atoms with Gasteiger partial charge in [0.25, 0.3) is 0 Å². The zero-order valence-corrected chi connectivity index (χ0v) is 11.9. The predicted octanol–water partition coefficient (Wildman–Crippen LogP) is 4.76. The van der Waals surface area contributed by atoms with Crippen molar-refractivity contribution in [3.8, 4) is 0 Å². The van der Waals surface area contributed by atoms with Crippen LogP contribution < -0.4 is 5.32 Å². The van der Waals surface area contributed by atoms with Crippen LogP contribution >= 0.6 is 11.3 Å². The Morgan fingerprint density at radius 2 is 2.12 bits per heavy atom. The fraction of sp³-hybridized carbons (Fsp3) is 0.733. The lowest BCUT2D eigenvalue weighted by Gasteiger charge is -2.31. The summed E-state index contributed by atoms with van der Waals surface area (Å²) in [4.78, 5) is 1.47. The Morgan fingerprint density at radius 3 is 2.71 bits per heavy atom. The second-order valence-corrected chi connectivity index (χ2v) is 6.39. The molecule has 0 spiro atoms. The maximum absolute atomic E-state index is 3.79. The van der Waals surface area contributed by atoms with Gasteiger partial charge in [-0.3, -0.25) is 0 Å². The van der Waals surface area contributed by atoms with Crippen LogP contribution in [0.1, 0.15) is 63.3 Å². The molecule has 1 aliphatic rings. The number of hydrogen-bond donors (Lipinski definition) is 1. The minimum absolute atomic E-state index is 0.530. The molecule has 1 aromatic heterocycles.